The summed E-state index contributed by atoms with van der Waals surface area (Å²) in [5, 5.41) is 17.2. The van der Waals surface area contributed by atoms with Gasteiger partial charge in [0, 0.05) is 23.1 Å². The minimum atomic E-state index is -1.08. The number of amides is 1. The van der Waals surface area contributed by atoms with Crippen LogP contribution in [0.1, 0.15) is 94.1 Å². The molecule has 2 aromatic rings. The lowest BCUT2D eigenvalue weighted by atomic mass is 9.89. The molecular weight excluding hydrogens is 536 g/mol. The van der Waals surface area contributed by atoms with E-state index in [0.29, 0.717) is 15.5 Å². The average Bonchev–Trinajstić information content (AvgIpc) is 3.10. The lowest BCUT2D eigenvalue weighted by Gasteiger charge is -2.34. The Morgan fingerprint density at radius 3 is 2.23 bits per heavy atom. The molecular formula is C25H34BrClN4O4. The van der Waals surface area contributed by atoms with E-state index in [-0.39, 0.29) is 23.8 Å². The van der Waals surface area contributed by atoms with Gasteiger partial charge >= 0.3 is 12.1 Å². The number of alkyl carbamates (subject to hydrolysis) is 1. The molecule has 0 bridgehead atoms. The molecule has 1 unspecified atom stereocenters. The minimum absolute atomic E-state index is 0.00894. The number of carboxylic acid groups (broad SMARTS) is 1. The molecule has 1 heterocycles. The van der Waals surface area contributed by atoms with E-state index in [2.05, 4.69) is 31.5 Å². The van der Waals surface area contributed by atoms with Gasteiger partial charge in [-0.3, -0.25) is 0 Å². The van der Waals surface area contributed by atoms with Crippen LogP contribution in [0.15, 0.2) is 29.0 Å². The summed E-state index contributed by atoms with van der Waals surface area (Å²) >= 11 is 9.59. The van der Waals surface area contributed by atoms with E-state index in [1.807, 2.05) is 51.3 Å². The van der Waals surface area contributed by atoms with Crippen molar-refractivity contribution in [3.05, 3.63) is 51.0 Å². The molecule has 8 nitrogen and oxygen atoms in total. The number of aromatic carboxylic acids is 1. The molecule has 1 saturated carbocycles. The van der Waals surface area contributed by atoms with Crippen LogP contribution in [-0.2, 0) is 4.74 Å². The van der Waals surface area contributed by atoms with Gasteiger partial charge in [0.1, 0.15) is 5.60 Å². The maximum atomic E-state index is 12.2. The first-order chi connectivity index (χ1) is 16.4. The Morgan fingerprint density at radius 2 is 1.71 bits per heavy atom. The number of imidazole rings is 1. The number of nitrogens with one attached hydrogen (secondary N) is 2. The van der Waals surface area contributed by atoms with Crippen LogP contribution in [0, 0.1) is 0 Å². The first kappa shape index (κ1) is 27.5. The second kappa shape index (κ2) is 11.3. The molecule has 3 rings (SSSR count). The Hall–Kier alpha value is -2.10. The maximum Gasteiger partial charge on any atom is 0.407 e. The van der Waals surface area contributed by atoms with Crippen molar-refractivity contribution in [3.8, 4) is 0 Å². The predicted molar refractivity (Wildman–Crippen MR) is 139 cm³/mol. The molecule has 1 fully saturated rings. The van der Waals surface area contributed by atoms with Crippen LogP contribution in [-0.4, -0.2) is 44.4 Å². The molecule has 1 amide bonds. The third-order valence-corrected chi connectivity index (χ3v) is 6.76. The first-order valence-corrected chi connectivity index (χ1v) is 13.0. The SMILES string of the molecule is CC(C)n1c(Br)nc(C(=O)O)c1C(NC1CCC(NC(=O)OC(C)(C)C)CC1)c1ccc(Cl)cc1. The third kappa shape index (κ3) is 7.21. The van der Waals surface area contributed by atoms with Gasteiger partial charge in [0.15, 0.2) is 10.4 Å². The highest BCUT2D eigenvalue weighted by molar-refractivity contribution is 9.10. The molecule has 1 aliphatic rings. The highest BCUT2D eigenvalue weighted by Crippen LogP contribution is 2.33. The third-order valence-electron chi connectivity index (χ3n) is 5.95. The lowest BCUT2D eigenvalue weighted by molar-refractivity contribution is 0.0489. The fourth-order valence-electron chi connectivity index (χ4n) is 4.44. The second-order valence-corrected chi connectivity index (χ2v) is 11.4. The molecule has 10 heteroatoms. The first-order valence-electron chi connectivity index (χ1n) is 11.9. The quantitative estimate of drug-likeness (QED) is 0.372. The van der Waals surface area contributed by atoms with Crippen molar-refractivity contribution >= 4 is 39.6 Å². The number of rotatable bonds is 7. The highest BCUT2D eigenvalue weighted by atomic mass is 79.9. The number of carbonyl (C=O) groups excluding carboxylic acids is 1. The van der Waals surface area contributed by atoms with Gasteiger partial charge < -0.3 is 25.0 Å². The zero-order valence-electron chi connectivity index (χ0n) is 20.8. The Morgan fingerprint density at radius 1 is 1.14 bits per heavy atom. The van der Waals surface area contributed by atoms with E-state index in [1.54, 1.807) is 12.1 Å². The van der Waals surface area contributed by atoms with Crippen molar-refractivity contribution in [1.29, 1.82) is 0 Å². The van der Waals surface area contributed by atoms with E-state index >= 15 is 0 Å². The highest BCUT2D eigenvalue weighted by Gasteiger charge is 2.33. The summed E-state index contributed by atoms with van der Waals surface area (Å²) in [7, 11) is 0. The normalized spacial score (nSPS) is 19.4. The Labute approximate surface area is 219 Å². The second-order valence-electron chi connectivity index (χ2n) is 10.2. The minimum Gasteiger partial charge on any atom is -0.476 e. The maximum absolute atomic E-state index is 12.2. The zero-order valence-corrected chi connectivity index (χ0v) is 23.1. The summed E-state index contributed by atoms with van der Waals surface area (Å²) in [5.41, 5.74) is 0.971. The molecule has 3 N–H and O–H groups in total. The van der Waals surface area contributed by atoms with E-state index in [4.69, 9.17) is 16.3 Å². The van der Waals surface area contributed by atoms with Gasteiger partial charge in [0.05, 0.1) is 11.7 Å². The standard InChI is InChI=1S/C25H34BrClN4O4/c1-14(2)31-21(20(22(32)33)30-23(31)26)19(15-6-8-16(27)9-7-15)28-17-10-12-18(13-11-17)29-24(34)35-25(3,4)5/h6-9,14,17-19,28H,10-13H2,1-5H3,(H,29,34)(H,32,33). The van der Waals surface area contributed by atoms with Crippen LogP contribution in [0.5, 0.6) is 0 Å². The number of carbonyl (C=O) groups is 2. The van der Waals surface area contributed by atoms with Gasteiger partial charge in [0.2, 0.25) is 0 Å². The topological polar surface area (TPSA) is 105 Å². The van der Waals surface area contributed by atoms with Crippen LogP contribution >= 0.6 is 27.5 Å². The van der Waals surface area contributed by atoms with Gasteiger partial charge in [0.25, 0.3) is 0 Å². The fraction of sp³-hybridized carbons (Fsp3) is 0.560. The summed E-state index contributed by atoms with van der Waals surface area (Å²) < 4.78 is 7.77. The van der Waals surface area contributed by atoms with Gasteiger partial charge in [-0.15, -0.1) is 0 Å². The largest absolute Gasteiger partial charge is 0.476 e. The van der Waals surface area contributed by atoms with Gasteiger partial charge in [-0.1, -0.05) is 23.7 Å². The van der Waals surface area contributed by atoms with E-state index in [9.17, 15) is 14.7 Å². The summed E-state index contributed by atoms with van der Waals surface area (Å²) in [6.45, 7) is 9.52. The number of nitrogens with zero attached hydrogens (tertiary/aromatic N) is 2. The summed E-state index contributed by atoms with van der Waals surface area (Å²) in [6, 6.07) is 7.19. The van der Waals surface area contributed by atoms with Crippen molar-refractivity contribution in [2.45, 2.75) is 90.1 Å². The molecule has 1 atom stereocenters. The number of halogens is 2. The molecule has 0 radical (unpaired) electrons. The van der Waals surface area contributed by atoms with Crippen molar-refractivity contribution in [2.75, 3.05) is 0 Å². The number of benzene rings is 1. The molecule has 0 saturated heterocycles. The summed E-state index contributed by atoms with van der Waals surface area (Å²) in [4.78, 5) is 28.6. The molecule has 1 aromatic carbocycles. The predicted octanol–water partition coefficient (Wildman–Crippen LogP) is 6.09. The fourth-order valence-corrected chi connectivity index (χ4v) is 5.35. The van der Waals surface area contributed by atoms with Crippen molar-refractivity contribution in [2.24, 2.45) is 0 Å². The Bertz CT molecular complexity index is 1040. The number of aromatic nitrogens is 2. The van der Waals surface area contributed by atoms with Gasteiger partial charge in [-0.2, -0.15) is 0 Å². The van der Waals surface area contributed by atoms with E-state index in [0.717, 1.165) is 31.2 Å². The summed E-state index contributed by atoms with van der Waals surface area (Å²) in [6.07, 6.45) is 2.84. The lowest BCUT2D eigenvalue weighted by Crippen LogP contribution is -2.45. The van der Waals surface area contributed by atoms with Crippen LogP contribution < -0.4 is 10.6 Å². The number of ether oxygens (including phenoxy) is 1. The van der Waals surface area contributed by atoms with Crippen LogP contribution in [0.25, 0.3) is 0 Å². The molecule has 192 valence electrons. The average molecular weight is 570 g/mol. The monoisotopic (exact) mass is 568 g/mol. The molecule has 0 spiro atoms. The van der Waals surface area contributed by atoms with Crippen molar-refractivity contribution in [3.63, 3.8) is 0 Å². The smallest absolute Gasteiger partial charge is 0.407 e. The van der Waals surface area contributed by atoms with Crippen molar-refractivity contribution < 1.29 is 19.4 Å². The van der Waals surface area contributed by atoms with Gasteiger partial charge in [-0.05, 0) is 93.9 Å². The van der Waals surface area contributed by atoms with E-state index in [1.165, 1.54) is 0 Å². The zero-order chi connectivity index (χ0) is 25.9. The molecule has 35 heavy (non-hydrogen) atoms. The molecule has 0 aliphatic heterocycles. The summed E-state index contributed by atoms with van der Waals surface area (Å²) in [5.74, 6) is -1.08. The molecule has 1 aromatic heterocycles. The number of hydrogen-bond acceptors (Lipinski definition) is 5. The molecule has 1 aliphatic carbocycles. The van der Waals surface area contributed by atoms with Gasteiger partial charge in [-0.25, -0.2) is 14.6 Å². The van der Waals surface area contributed by atoms with Crippen LogP contribution in [0.2, 0.25) is 5.02 Å². The Balaban J connectivity index is 1.83. The van der Waals surface area contributed by atoms with Crippen LogP contribution in [0.3, 0.4) is 0 Å². The Kier molecular flexibility index (Phi) is 8.88. The number of hydrogen-bond donors (Lipinski definition) is 3. The number of carboxylic acids is 1. The van der Waals surface area contributed by atoms with Crippen molar-refractivity contribution in [1.82, 2.24) is 20.2 Å². The van der Waals surface area contributed by atoms with E-state index < -0.39 is 23.7 Å². The van der Waals surface area contributed by atoms with Crippen LogP contribution in [0.4, 0.5) is 4.79 Å².